The maximum atomic E-state index is 13.8. The van der Waals surface area contributed by atoms with Crippen molar-refractivity contribution in [3.63, 3.8) is 0 Å². The fourth-order valence-corrected chi connectivity index (χ4v) is 3.84. The number of carboxylic acid groups (broad SMARTS) is 1. The van der Waals surface area contributed by atoms with Gasteiger partial charge in [0.2, 0.25) is 0 Å². The summed E-state index contributed by atoms with van der Waals surface area (Å²) in [6.45, 7) is -0.192. The van der Waals surface area contributed by atoms with Crippen LogP contribution in [0.1, 0.15) is 25.7 Å². The minimum absolute atomic E-state index is 0.0104. The summed E-state index contributed by atoms with van der Waals surface area (Å²) in [5.74, 6) is -4.26. The summed E-state index contributed by atoms with van der Waals surface area (Å²) in [5.41, 5.74) is 4.00. The molecule has 3 unspecified atom stereocenters. The van der Waals surface area contributed by atoms with Crippen LogP contribution in [0.4, 0.5) is 19.0 Å². The molecule has 28 heavy (non-hydrogen) atoms. The number of rotatable bonds is 8. The van der Waals surface area contributed by atoms with Gasteiger partial charge in [-0.1, -0.05) is 18.9 Å². The highest BCUT2D eigenvalue weighted by Gasteiger charge is 2.56. The predicted molar refractivity (Wildman–Crippen MR) is 97.5 cm³/mol. The van der Waals surface area contributed by atoms with E-state index in [0.717, 1.165) is 0 Å². The molecule has 1 fully saturated rings. The van der Waals surface area contributed by atoms with Gasteiger partial charge < -0.3 is 25.8 Å². The van der Waals surface area contributed by atoms with Gasteiger partial charge >= 0.3 is 19.3 Å². The Morgan fingerprint density at radius 2 is 2.00 bits per heavy atom. The van der Waals surface area contributed by atoms with Crippen LogP contribution in [0, 0.1) is 11.8 Å². The highest BCUT2D eigenvalue weighted by atomic mass is 19.4. The fourth-order valence-electron chi connectivity index (χ4n) is 3.84. The molecule has 0 aromatic carbocycles. The molecular formula is C17H25BF3N3O4. The molecule has 0 aliphatic carbocycles. The second kappa shape index (κ2) is 9.10. The molecule has 1 aliphatic rings. The molecule has 0 amide bonds. The first-order valence-corrected chi connectivity index (χ1v) is 9.17. The Hall–Kier alpha value is -1.85. The monoisotopic (exact) mass is 403 g/mol. The van der Waals surface area contributed by atoms with Crippen LogP contribution < -0.4 is 10.6 Å². The van der Waals surface area contributed by atoms with Gasteiger partial charge in [0.15, 0.2) is 0 Å². The zero-order chi connectivity index (χ0) is 20.9. The lowest BCUT2D eigenvalue weighted by atomic mass is 9.69. The van der Waals surface area contributed by atoms with Crippen LogP contribution in [0.5, 0.6) is 0 Å². The van der Waals surface area contributed by atoms with Crippen LogP contribution in [-0.4, -0.2) is 58.0 Å². The number of unbranched alkanes of at least 4 members (excludes halogenated alkanes) is 1. The van der Waals surface area contributed by atoms with Crippen LogP contribution in [0.2, 0.25) is 6.32 Å². The fraction of sp³-hybridized carbons (Fsp3) is 0.647. The second-order valence-electron chi connectivity index (χ2n) is 7.25. The molecule has 2 heterocycles. The first-order valence-electron chi connectivity index (χ1n) is 9.17. The number of alkyl halides is 3. The highest BCUT2D eigenvalue weighted by molar-refractivity contribution is 6.40. The van der Waals surface area contributed by atoms with Crippen molar-refractivity contribution < 1.29 is 33.1 Å². The summed E-state index contributed by atoms with van der Waals surface area (Å²) in [6.07, 6.45) is -2.87. The van der Waals surface area contributed by atoms with E-state index in [1.807, 2.05) is 0 Å². The van der Waals surface area contributed by atoms with Crippen LogP contribution in [0.3, 0.4) is 0 Å². The Bertz CT molecular complexity index is 650. The van der Waals surface area contributed by atoms with E-state index >= 15 is 0 Å². The average molecular weight is 403 g/mol. The number of carboxylic acids is 1. The van der Waals surface area contributed by atoms with Crippen molar-refractivity contribution in [2.45, 2.75) is 43.7 Å². The van der Waals surface area contributed by atoms with Crippen molar-refractivity contribution in [2.24, 2.45) is 17.6 Å². The van der Waals surface area contributed by atoms with Crippen molar-refractivity contribution in [1.82, 2.24) is 4.98 Å². The van der Waals surface area contributed by atoms with Crippen LogP contribution in [0.15, 0.2) is 24.4 Å². The molecule has 0 saturated carbocycles. The van der Waals surface area contributed by atoms with Gasteiger partial charge in [-0.15, -0.1) is 0 Å². The SMILES string of the molecule is NC(CCCCB(O)O)(C(=O)O)C1CCN(c2ccccn2)CC1C(F)(F)F. The summed E-state index contributed by atoms with van der Waals surface area (Å²) in [6, 6.07) is 4.95. The lowest BCUT2D eigenvalue weighted by Crippen LogP contribution is -2.62. The Balaban J connectivity index is 2.21. The van der Waals surface area contributed by atoms with Gasteiger partial charge in [0, 0.05) is 25.2 Å². The molecule has 0 spiro atoms. The molecular weight excluding hydrogens is 378 g/mol. The third kappa shape index (κ3) is 5.36. The topological polar surface area (TPSA) is 120 Å². The standard InChI is InChI=1S/C17H25BF3N3O4/c19-17(20,21)13-11-24(14-5-1-4-9-23-14)10-6-12(13)16(22,15(25)26)7-2-3-8-18(27)28/h1,4-5,9,12-13,27-28H,2-3,6-8,10-11,22H2,(H,25,26). The first-order chi connectivity index (χ1) is 13.1. The van der Waals surface area contributed by atoms with Gasteiger partial charge in [0.1, 0.15) is 11.4 Å². The second-order valence-corrected chi connectivity index (χ2v) is 7.25. The zero-order valence-corrected chi connectivity index (χ0v) is 15.3. The molecule has 1 saturated heterocycles. The molecule has 3 atom stereocenters. The number of pyridine rings is 1. The van der Waals surface area contributed by atoms with Gasteiger partial charge in [0.25, 0.3) is 0 Å². The van der Waals surface area contributed by atoms with E-state index in [1.165, 1.54) is 11.1 Å². The van der Waals surface area contributed by atoms with E-state index in [0.29, 0.717) is 5.82 Å². The number of piperidine rings is 1. The van der Waals surface area contributed by atoms with E-state index in [4.69, 9.17) is 15.8 Å². The quantitative estimate of drug-likeness (QED) is 0.384. The molecule has 0 bridgehead atoms. The lowest BCUT2D eigenvalue weighted by molar-refractivity contribution is -0.199. The number of hydrogen-bond donors (Lipinski definition) is 4. The number of halogens is 3. The number of anilines is 1. The van der Waals surface area contributed by atoms with E-state index in [2.05, 4.69) is 4.98 Å². The van der Waals surface area contributed by atoms with Crippen LogP contribution in [-0.2, 0) is 4.79 Å². The van der Waals surface area contributed by atoms with Crippen LogP contribution >= 0.6 is 0 Å². The Morgan fingerprint density at radius 3 is 2.54 bits per heavy atom. The number of hydrogen-bond acceptors (Lipinski definition) is 6. The number of aliphatic carboxylic acids is 1. The maximum Gasteiger partial charge on any atom is 0.451 e. The number of aromatic nitrogens is 1. The third-order valence-electron chi connectivity index (χ3n) is 5.37. The average Bonchev–Trinajstić information content (AvgIpc) is 2.64. The third-order valence-corrected chi connectivity index (χ3v) is 5.37. The van der Waals surface area contributed by atoms with Gasteiger partial charge in [-0.05, 0) is 31.3 Å². The molecule has 1 aliphatic heterocycles. The highest BCUT2D eigenvalue weighted by Crippen LogP contribution is 2.44. The predicted octanol–water partition coefficient (Wildman–Crippen LogP) is 1.51. The van der Waals surface area contributed by atoms with Gasteiger partial charge in [-0.2, -0.15) is 13.2 Å². The molecule has 7 nitrogen and oxygen atoms in total. The minimum Gasteiger partial charge on any atom is -0.480 e. The molecule has 5 N–H and O–H groups in total. The summed E-state index contributed by atoms with van der Waals surface area (Å²) in [4.78, 5) is 17.4. The Morgan fingerprint density at radius 1 is 1.29 bits per heavy atom. The molecule has 156 valence electrons. The minimum atomic E-state index is -4.61. The van der Waals surface area contributed by atoms with Gasteiger partial charge in [0.05, 0.1) is 5.92 Å². The van der Waals surface area contributed by atoms with Crippen molar-refractivity contribution in [2.75, 3.05) is 18.0 Å². The van der Waals surface area contributed by atoms with Gasteiger partial charge in [-0.25, -0.2) is 4.98 Å². The Kier molecular flexibility index (Phi) is 7.30. The maximum absolute atomic E-state index is 13.8. The number of carbonyl (C=O) groups is 1. The van der Waals surface area contributed by atoms with Crippen molar-refractivity contribution in [3.8, 4) is 0 Å². The summed E-state index contributed by atoms with van der Waals surface area (Å²) >= 11 is 0. The zero-order valence-electron chi connectivity index (χ0n) is 15.3. The number of nitrogens with zero attached hydrogens (tertiary/aromatic N) is 2. The van der Waals surface area contributed by atoms with Crippen LogP contribution in [0.25, 0.3) is 0 Å². The molecule has 1 aromatic heterocycles. The molecule has 0 radical (unpaired) electrons. The lowest BCUT2D eigenvalue weighted by Gasteiger charge is -2.46. The Labute approximate surface area is 161 Å². The van der Waals surface area contributed by atoms with E-state index < -0.39 is 43.2 Å². The van der Waals surface area contributed by atoms with E-state index in [9.17, 15) is 23.1 Å². The van der Waals surface area contributed by atoms with E-state index in [1.54, 1.807) is 18.2 Å². The summed E-state index contributed by atoms with van der Waals surface area (Å²) in [7, 11) is -1.54. The largest absolute Gasteiger partial charge is 0.480 e. The van der Waals surface area contributed by atoms with Gasteiger partial charge in [-0.3, -0.25) is 4.79 Å². The summed E-state index contributed by atoms with van der Waals surface area (Å²) < 4.78 is 41.4. The van der Waals surface area contributed by atoms with Crippen molar-refractivity contribution in [1.29, 1.82) is 0 Å². The normalized spacial score (nSPS) is 22.6. The van der Waals surface area contributed by atoms with Crippen molar-refractivity contribution >= 4 is 18.9 Å². The smallest absolute Gasteiger partial charge is 0.451 e. The number of nitrogens with two attached hydrogens (primary N) is 1. The molecule has 2 rings (SSSR count). The first kappa shape index (κ1) is 22.4. The summed E-state index contributed by atoms with van der Waals surface area (Å²) in [5, 5.41) is 27.4. The van der Waals surface area contributed by atoms with Crippen molar-refractivity contribution in [3.05, 3.63) is 24.4 Å². The van der Waals surface area contributed by atoms with E-state index in [-0.39, 0.29) is 38.5 Å². The molecule has 1 aromatic rings. The molecule has 11 heteroatoms.